The first-order chi connectivity index (χ1) is 7.75. The highest BCUT2D eigenvalue weighted by molar-refractivity contribution is 5.99. The fourth-order valence-corrected chi connectivity index (χ4v) is 2.83. The highest BCUT2D eigenvalue weighted by atomic mass is 16.7. The minimum atomic E-state index is -0.887. The normalized spacial score (nSPS) is 43.3. The van der Waals surface area contributed by atoms with Crippen LogP contribution in [0.5, 0.6) is 0 Å². The minimum absolute atomic E-state index is 0.0600. The van der Waals surface area contributed by atoms with Crippen molar-refractivity contribution in [1.82, 2.24) is 0 Å². The van der Waals surface area contributed by atoms with Gasteiger partial charge in [0.15, 0.2) is 5.78 Å². The topological polar surface area (TPSA) is 38.8 Å². The predicted molar refractivity (Wildman–Crippen MR) is 56.4 cm³/mol. The van der Waals surface area contributed by atoms with Crippen LogP contribution in [0.15, 0.2) is 0 Å². The van der Waals surface area contributed by atoms with E-state index in [-0.39, 0.29) is 11.9 Å². The van der Waals surface area contributed by atoms with Crippen molar-refractivity contribution in [3.63, 3.8) is 0 Å². The Hall–Kier alpha value is -1.29. The molecule has 3 heteroatoms. The Morgan fingerprint density at radius 2 is 2.31 bits per heavy atom. The van der Waals surface area contributed by atoms with Crippen molar-refractivity contribution < 1.29 is 14.3 Å². The van der Waals surface area contributed by atoms with Crippen molar-refractivity contribution in [2.75, 3.05) is 6.61 Å². The molecule has 2 saturated heterocycles. The summed E-state index contributed by atoms with van der Waals surface area (Å²) < 4.78 is 11.3. The van der Waals surface area contributed by atoms with Gasteiger partial charge in [-0.2, -0.15) is 0 Å². The molecular weight excluding hydrogens is 204 g/mol. The van der Waals surface area contributed by atoms with Crippen molar-refractivity contribution in [3.8, 4) is 23.7 Å². The molecule has 0 aromatic carbocycles. The number of ketones is 1. The number of Topliss-reactive ketones (excluding diaryl/α,β-unsaturated/α-hetero) is 1. The maximum atomic E-state index is 11.9. The summed E-state index contributed by atoms with van der Waals surface area (Å²) >= 11 is 0. The fraction of sp³-hybridized carbons (Fsp3) is 0.615. The molecule has 0 aromatic heterocycles. The van der Waals surface area contributed by atoms with Crippen LogP contribution < -0.4 is 0 Å². The number of carbonyl (C=O) groups excluding carboxylic acids is 1. The molecule has 0 radical (unpaired) electrons. The standard InChI is InChI=1S/C13H12O3/c1-2-3-4-6-12-10(14)9-11-13(12,16-12)7-5-8-15-11/h11H,5,7-9H2,1H3. The van der Waals surface area contributed by atoms with Gasteiger partial charge in [-0.25, -0.2) is 0 Å². The third-order valence-electron chi connectivity index (χ3n) is 3.61. The van der Waals surface area contributed by atoms with E-state index in [0.29, 0.717) is 6.42 Å². The van der Waals surface area contributed by atoms with E-state index < -0.39 is 11.2 Å². The first-order valence-electron chi connectivity index (χ1n) is 5.54. The van der Waals surface area contributed by atoms with E-state index in [0.717, 1.165) is 19.4 Å². The van der Waals surface area contributed by atoms with Crippen LogP contribution in [0, 0.1) is 23.7 Å². The second-order valence-corrected chi connectivity index (χ2v) is 4.39. The number of hydrogen-bond acceptors (Lipinski definition) is 3. The van der Waals surface area contributed by atoms with E-state index in [1.54, 1.807) is 6.92 Å². The summed E-state index contributed by atoms with van der Waals surface area (Å²) in [6.45, 7) is 2.44. The van der Waals surface area contributed by atoms with Gasteiger partial charge in [0.05, 0.1) is 6.10 Å². The molecule has 3 fully saturated rings. The molecule has 3 nitrogen and oxygen atoms in total. The molecule has 0 amide bonds. The van der Waals surface area contributed by atoms with Crippen molar-refractivity contribution in [2.45, 2.75) is 43.5 Å². The Balaban J connectivity index is 1.95. The zero-order valence-corrected chi connectivity index (χ0v) is 9.13. The van der Waals surface area contributed by atoms with Crippen molar-refractivity contribution >= 4 is 5.78 Å². The number of carbonyl (C=O) groups is 1. The van der Waals surface area contributed by atoms with Crippen LogP contribution in [0.3, 0.4) is 0 Å². The lowest BCUT2D eigenvalue weighted by Gasteiger charge is -2.25. The fourth-order valence-electron chi connectivity index (χ4n) is 2.83. The summed E-state index contributed by atoms with van der Waals surface area (Å²) in [4.78, 5) is 11.9. The quantitative estimate of drug-likeness (QED) is 0.441. The van der Waals surface area contributed by atoms with Crippen LogP contribution in [0.2, 0.25) is 0 Å². The molecule has 0 bridgehead atoms. The van der Waals surface area contributed by atoms with Gasteiger partial charge in [0.2, 0.25) is 5.60 Å². The molecule has 0 N–H and O–H groups in total. The van der Waals surface area contributed by atoms with E-state index >= 15 is 0 Å². The van der Waals surface area contributed by atoms with Gasteiger partial charge in [-0.1, -0.05) is 5.92 Å². The Morgan fingerprint density at radius 1 is 1.44 bits per heavy atom. The van der Waals surface area contributed by atoms with Gasteiger partial charge in [0.25, 0.3) is 0 Å². The van der Waals surface area contributed by atoms with E-state index in [4.69, 9.17) is 9.47 Å². The van der Waals surface area contributed by atoms with E-state index in [9.17, 15) is 4.79 Å². The van der Waals surface area contributed by atoms with Gasteiger partial charge < -0.3 is 9.47 Å². The molecule has 3 unspecified atom stereocenters. The Bertz CT molecular complexity index is 473. The molecule has 3 atom stereocenters. The molecular formula is C13H12O3. The summed E-state index contributed by atoms with van der Waals surface area (Å²) in [7, 11) is 0. The molecule has 3 rings (SSSR count). The molecule has 16 heavy (non-hydrogen) atoms. The number of ether oxygens (including phenoxy) is 2. The van der Waals surface area contributed by atoms with E-state index in [1.807, 2.05) is 0 Å². The van der Waals surface area contributed by atoms with Crippen LogP contribution in [0.4, 0.5) is 0 Å². The molecule has 0 aromatic rings. The zero-order valence-electron chi connectivity index (χ0n) is 9.13. The zero-order chi connectivity index (χ0) is 11.2. The Labute approximate surface area is 94.5 Å². The van der Waals surface area contributed by atoms with E-state index in [2.05, 4.69) is 23.7 Å². The molecule has 1 spiro atoms. The lowest BCUT2D eigenvalue weighted by Crippen LogP contribution is -2.37. The number of hydrogen-bond donors (Lipinski definition) is 0. The monoisotopic (exact) mass is 216 g/mol. The van der Waals surface area contributed by atoms with Crippen molar-refractivity contribution in [1.29, 1.82) is 0 Å². The van der Waals surface area contributed by atoms with Crippen LogP contribution in [-0.2, 0) is 14.3 Å². The summed E-state index contributed by atoms with van der Waals surface area (Å²) in [6.07, 6.45) is 2.16. The Morgan fingerprint density at radius 3 is 3.12 bits per heavy atom. The predicted octanol–water partition coefficient (Wildman–Crippen LogP) is 0.673. The maximum absolute atomic E-state index is 11.9. The van der Waals surface area contributed by atoms with Gasteiger partial charge in [-0.15, -0.1) is 0 Å². The second kappa shape index (κ2) is 3.10. The van der Waals surface area contributed by atoms with Crippen molar-refractivity contribution in [3.05, 3.63) is 0 Å². The molecule has 1 saturated carbocycles. The largest absolute Gasteiger partial charge is 0.375 e. The summed E-state index contributed by atoms with van der Waals surface area (Å²) in [5.41, 5.74) is -1.33. The third-order valence-corrected chi connectivity index (χ3v) is 3.61. The average Bonchev–Trinajstić information content (AvgIpc) is 2.86. The maximum Gasteiger partial charge on any atom is 0.220 e. The number of rotatable bonds is 0. The number of epoxide rings is 1. The summed E-state index contributed by atoms with van der Waals surface area (Å²) in [5.74, 6) is 11.0. The first kappa shape index (κ1) is 9.90. The average molecular weight is 216 g/mol. The van der Waals surface area contributed by atoms with Crippen LogP contribution in [0.1, 0.15) is 26.2 Å². The highest BCUT2D eigenvalue weighted by Gasteiger charge is 2.82. The van der Waals surface area contributed by atoms with Crippen LogP contribution in [-0.4, -0.2) is 29.7 Å². The SMILES string of the molecule is CC#CC#CC12OC13CCCOC3CC2=O. The summed E-state index contributed by atoms with van der Waals surface area (Å²) in [6, 6.07) is 0. The van der Waals surface area contributed by atoms with Gasteiger partial charge in [0.1, 0.15) is 5.60 Å². The molecule has 3 aliphatic rings. The van der Waals surface area contributed by atoms with Crippen molar-refractivity contribution in [2.24, 2.45) is 0 Å². The second-order valence-electron chi connectivity index (χ2n) is 4.39. The third kappa shape index (κ3) is 1.00. The van der Waals surface area contributed by atoms with E-state index in [1.165, 1.54) is 0 Å². The first-order valence-corrected chi connectivity index (χ1v) is 5.54. The smallest absolute Gasteiger partial charge is 0.220 e. The van der Waals surface area contributed by atoms with Gasteiger partial charge in [0, 0.05) is 13.0 Å². The molecule has 82 valence electrons. The van der Waals surface area contributed by atoms with Gasteiger partial charge in [-0.05, 0) is 37.5 Å². The van der Waals surface area contributed by atoms with Gasteiger partial charge >= 0.3 is 0 Å². The lowest BCUT2D eigenvalue weighted by atomic mass is 9.89. The van der Waals surface area contributed by atoms with Gasteiger partial charge in [-0.3, -0.25) is 4.79 Å². The highest BCUT2D eigenvalue weighted by Crippen LogP contribution is 2.62. The minimum Gasteiger partial charge on any atom is -0.375 e. The Kier molecular flexibility index (Phi) is 1.92. The molecule has 2 heterocycles. The molecule has 2 aliphatic heterocycles. The van der Waals surface area contributed by atoms with Crippen LogP contribution >= 0.6 is 0 Å². The lowest BCUT2D eigenvalue weighted by molar-refractivity contribution is -0.126. The summed E-state index contributed by atoms with van der Waals surface area (Å²) in [5, 5.41) is 0. The van der Waals surface area contributed by atoms with Crippen LogP contribution in [0.25, 0.3) is 0 Å². The molecule has 1 aliphatic carbocycles.